The Kier molecular flexibility index (Phi) is 2.66. The van der Waals surface area contributed by atoms with Crippen molar-refractivity contribution in [2.24, 2.45) is 0 Å². The van der Waals surface area contributed by atoms with Crippen molar-refractivity contribution in [3.8, 4) is 0 Å². The molecule has 2 nitrogen and oxygen atoms in total. The number of hydrogen-bond acceptors (Lipinski definition) is 2. The summed E-state index contributed by atoms with van der Waals surface area (Å²) in [5.74, 6) is 0. The molecule has 2 fully saturated rings. The predicted molar refractivity (Wildman–Crippen MR) is 66.8 cm³/mol. The van der Waals surface area contributed by atoms with Crippen LogP contribution in [-0.2, 0) is 5.54 Å². The third-order valence-corrected chi connectivity index (χ3v) is 3.90. The number of hydrogen-bond donors (Lipinski definition) is 2. The molecule has 2 N–H and O–H groups in total. The Bertz CT molecular complexity index is 381. The maximum Gasteiger partial charge on any atom is 0.0439 e. The van der Waals surface area contributed by atoms with Crippen LogP contribution in [0.5, 0.6) is 0 Å². The van der Waals surface area contributed by atoms with Gasteiger partial charge in [-0.3, -0.25) is 0 Å². The highest BCUT2D eigenvalue weighted by Crippen LogP contribution is 2.46. The van der Waals surface area contributed by atoms with Crippen LogP contribution in [0.4, 0.5) is 0 Å². The van der Waals surface area contributed by atoms with E-state index >= 15 is 0 Å². The number of benzene rings is 1. The molecular formula is C13H17ClN2. The number of rotatable bonds is 3. The fraction of sp³-hybridized carbons (Fsp3) is 0.538. The van der Waals surface area contributed by atoms with Gasteiger partial charge in [0.25, 0.3) is 0 Å². The first-order valence-corrected chi connectivity index (χ1v) is 6.41. The molecule has 1 heterocycles. The van der Waals surface area contributed by atoms with Crippen LogP contribution in [0.1, 0.15) is 24.8 Å². The van der Waals surface area contributed by atoms with E-state index in [1.54, 1.807) is 0 Å². The van der Waals surface area contributed by atoms with Gasteiger partial charge < -0.3 is 10.6 Å². The molecule has 0 aromatic heterocycles. The van der Waals surface area contributed by atoms with E-state index in [0.29, 0.717) is 6.04 Å². The van der Waals surface area contributed by atoms with Crippen LogP contribution in [0.2, 0.25) is 5.02 Å². The molecule has 2 aliphatic rings. The third kappa shape index (κ3) is 1.97. The van der Waals surface area contributed by atoms with Gasteiger partial charge in [0.05, 0.1) is 0 Å². The van der Waals surface area contributed by atoms with E-state index < -0.39 is 0 Å². The van der Waals surface area contributed by atoms with Crippen LogP contribution in [-0.4, -0.2) is 19.1 Å². The molecule has 0 bridgehead atoms. The van der Waals surface area contributed by atoms with Gasteiger partial charge in [-0.2, -0.15) is 0 Å². The van der Waals surface area contributed by atoms with E-state index in [4.69, 9.17) is 11.6 Å². The highest BCUT2D eigenvalue weighted by atomic mass is 35.5. The summed E-state index contributed by atoms with van der Waals surface area (Å²) in [6.45, 7) is 2.24. The number of nitrogens with one attached hydrogen (secondary N) is 2. The van der Waals surface area contributed by atoms with Crippen molar-refractivity contribution < 1.29 is 0 Å². The minimum Gasteiger partial charge on any atom is -0.315 e. The van der Waals surface area contributed by atoms with Crippen molar-refractivity contribution in [3.05, 3.63) is 34.9 Å². The van der Waals surface area contributed by atoms with Gasteiger partial charge in [0.15, 0.2) is 0 Å². The van der Waals surface area contributed by atoms with Crippen LogP contribution >= 0.6 is 11.6 Å². The molecular weight excluding hydrogens is 220 g/mol. The minimum absolute atomic E-state index is 0.224. The Morgan fingerprint density at radius 3 is 2.88 bits per heavy atom. The molecule has 1 aliphatic carbocycles. The van der Waals surface area contributed by atoms with Crippen molar-refractivity contribution >= 4 is 11.6 Å². The van der Waals surface area contributed by atoms with Gasteiger partial charge >= 0.3 is 0 Å². The lowest BCUT2D eigenvalue weighted by molar-refractivity contribution is 0.438. The first-order valence-electron chi connectivity index (χ1n) is 6.03. The molecule has 0 radical (unpaired) electrons. The molecule has 1 aromatic rings. The maximum absolute atomic E-state index is 6.06. The highest BCUT2D eigenvalue weighted by Gasteiger charge is 2.45. The topological polar surface area (TPSA) is 24.1 Å². The molecule has 1 saturated heterocycles. The summed E-state index contributed by atoms with van der Waals surface area (Å²) < 4.78 is 0. The molecule has 3 heteroatoms. The highest BCUT2D eigenvalue weighted by molar-refractivity contribution is 6.30. The van der Waals surface area contributed by atoms with E-state index in [1.165, 1.54) is 24.8 Å². The Morgan fingerprint density at radius 2 is 2.25 bits per heavy atom. The molecule has 1 atom stereocenters. The van der Waals surface area contributed by atoms with Crippen LogP contribution < -0.4 is 10.6 Å². The summed E-state index contributed by atoms with van der Waals surface area (Å²) in [6.07, 6.45) is 3.72. The molecule has 1 unspecified atom stereocenters. The van der Waals surface area contributed by atoms with Crippen LogP contribution in [0.3, 0.4) is 0 Å². The zero-order valence-electron chi connectivity index (χ0n) is 9.30. The maximum atomic E-state index is 6.06. The van der Waals surface area contributed by atoms with E-state index in [2.05, 4.69) is 22.8 Å². The van der Waals surface area contributed by atoms with E-state index in [1.807, 2.05) is 12.1 Å². The second-order valence-corrected chi connectivity index (χ2v) is 5.36. The van der Waals surface area contributed by atoms with E-state index in [9.17, 15) is 0 Å². The fourth-order valence-corrected chi connectivity index (χ4v) is 2.79. The summed E-state index contributed by atoms with van der Waals surface area (Å²) in [4.78, 5) is 0. The van der Waals surface area contributed by atoms with Gasteiger partial charge in [-0.1, -0.05) is 23.7 Å². The average Bonchev–Trinajstić information content (AvgIpc) is 2.87. The summed E-state index contributed by atoms with van der Waals surface area (Å²) in [5, 5.41) is 8.03. The summed E-state index contributed by atoms with van der Waals surface area (Å²) in [6, 6.07) is 8.91. The van der Waals surface area contributed by atoms with Crippen molar-refractivity contribution in [1.29, 1.82) is 0 Å². The molecule has 3 rings (SSSR count). The van der Waals surface area contributed by atoms with Crippen LogP contribution in [0, 0.1) is 0 Å². The molecule has 1 saturated carbocycles. The second kappa shape index (κ2) is 4.02. The molecule has 86 valence electrons. The predicted octanol–water partition coefficient (Wildman–Crippen LogP) is 2.28. The third-order valence-electron chi connectivity index (χ3n) is 3.67. The van der Waals surface area contributed by atoms with Gasteiger partial charge in [-0.25, -0.2) is 0 Å². The quantitative estimate of drug-likeness (QED) is 0.842. The summed E-state index contributed by atoms with van der Waals surface area (Å²) in [5.41, 5.74) is 1.58. The van der Waals surface area contributed by atoms with Crippen molar-refractivity contribution in [3.63, 3.8) is 0 Å². The first kappa shape index (κ1) is 10.6. The Balaban J connectivity index is 1.77. The lowest BCUT2D eigenvalue weighted by Crippen LogP contribution is -2.39. The Morgan fingerprint density at radius 1 is 1.38 bits per heavy atom. The first-order chi connectivity index (χ1) is 7.78. The SMILES string of the molecule is Clc1cccc(C2(NC3CCNC3)CC2)c1. The van der Waals surface area contributed by atoms with Crippen molar-refractivity contribution in [2.45, 2.75) is 30.8 Å². The largest absolute Gasteiger partial charge is 0.315 e. The fourth-order valence-electron chi connectivity index (χ4n) is 2.60. The van der Waals surface area contributed by atoms with Crippen molar-refractivity contribution in [2.75, 3.05) is 13.1 Å². The van der Waals surface area contributed by atoms with Crippen molar-refractivity contribution in [1.82, 2.24) is 10.6 Å². The standard InChI is InChI=1S/C13H17ClN2/c14-11-3-1-2-10(8-11)13(5-6-13)16-12-4-7-15-9-12/h1-3,8,12,15-16H,4-7,9H2. The van der Waals surface area contributed by atoms with Crippen LogP contribution in [0.15, 0.2) is 24.3 Å². The van der Waals surface area contributed by atoms with Crippen LogP contribution in [0.25, 0.3) is 0 Å². The minimum atomic E-state index is 0.224. The summed E-state index contributed by atoms with van der Waals surface area (Å²) in [7, 11) is 0. The molecule has 0 amide bonds. The smallest absolute Gasteiger partial charge is 0.0439 e. The Labute approximate surface area is 101 Å². The lowest BCUT2D eigenvalue weighted by atomic mass is 10.0. The van der Waals surface area contributed by atoms with Gasteiger partial charge in [0.1, 0.15) is 0 Å². The number of halogens is 1. The molecule has 0 spiro atoms. The zero-order chi connectivity index (χ0) is 11.0. The summed E-state index contributed by atoms with van der Waals surface area (Å²) >= 11 is 6.06. The van der Waals surface area contributed by atoms with Gasteiger partial charge in [-0.15, -0.1) is 0 Å². The van der Waals surface area contributed by atoms with Gasteiger partial charge in [0.2, 0.25) is 0 Å². The molecule has 16 heavy (non-hydrogen) atoms. The van der Waals surface area contributed by atoms with E-state index in [-0.39, 0.29) is 5.54 Å². The molecule has 1 aromatic carbocycles. The van der Waals surface area contributed by atoms with E-state index in [0.717, 1.165) is 18.1 Å². The normalized spacial score (nSPS) is 26.9. The lowest BCUT2D eigenvalue weighted by Gasteiger charge is -2.22. The second-order valence-electron chi connectivity index (χ2n) is 4.93. The van der Waals surface area contributed by atoms with Gasteiger partial charge in [-0.05, 0) is 43.5 Å². The van der Waals surface area contributed by atoms with Gasteiger partial charge in [0, 0.05) is 23.1 Å². The Hall–Kier alpha value is -0.570. The zero-order valence-corrected chi connectivity index (χ0v) is 10.1. The monoisotopic (exact) mass is 236 g/mol. The molecule has 1 aliphatic heterocycles. The average molecular weight is 237 g/mol.